The van der Waals surface area contributed by atoms with Gasteiger partial charge in [-0.15, -0.1) is 11.3 Å². The zero-order chi connectivity index (χ0) is 17.1. The summed E-state index contributed by atoms with van der Waals surface area (Å²) in [6.45, 7) is 7.44. The number of aromatic nitrogens is 1. The van der Waals surface area contributed by atoms with Gasteiger partial charge in [0.15, 0.2) is 0 Å². The first kappa shape index (κ1) is 16.5. The zero-order valence-corrected chi connectivity index (χ0v) is 15.0. The predicted octanol–water partition coefficient (Wildman–Crippen LogP) is 5.15. The minimum absolute atomic E-state index is 0.0665. The molecule has 124 valence electrons. The van der Waals surface area contributed by atoms with Crippen LogP contribution in [0.15, 0.2) is 42.5 Å². The van der Waals surface area contributed by atoms with E-state index in [2.05, 4.69) is 30.4 Å². The second kappa shape index (κ2) is 7.01. The minimum Gasteiger partial charge on any atom is -0.325 e. The number of urea groups is 1. The van der Waals surface area contributed by atoms with E-state index in [9.17, 15) is 4.79 Å². The van der Waals surface area contributed by atoms with Crippen molar-refractivity contribution in [3.63, 3.8) is 0 Å². The first-order valence-electron chi connectivity index (χ1n) is 8.14. The van der Waals surface area contributed by atoms with Crippen LogP contribution in [0.4, 0.5) is 10.5 Å². The highest BCUT2D eigenvalue weighted by molar-refractivity contribution is 7.21. The lowest BCUT2D eigenvalue weighted by Gasteiger charge is -2.19. The van der Waals surface area contributed by atoms with Crippen LogP contribution in [0.2, 0.25) is 0 Å². The number of amides is 2. The van der Waals surface area contributed by atoms with Crippen LogP contribution in [0, 0.1) is 6.92 Å². The summed E-state index contributed by atoms with van der Waals surface area (Å²) in [6.07, 6.45) is 0. The standard InChI is InChI=1S/C19H21N3OS/c1-4-22(5-2)19(23)20-15-9-7-14(8-10-15)18-21-16-11-6-13(3)12-17(16)24-18/h6-12H,4-5H2,1-3H3,(H,20,23). The fourth-order valence-corrected chi connectivity index (χ4v) is 3.63. The number of hydrogen-bond acceptors (Lipinski definition) is 3. The van der Waals surface area contributed by atoms with Crippen molar-refractivity contribution in [2.24, 2.45) is 0 Å². The zero-order valence-electron chi connectivity index (χ0n) is 14.2. The van der Waals surface area contributed by atoms with Gasteiger partial charge in [-0.25, -0.2) is 9.78 Å². The van der Waals surface area contributed by atoms with Crippen LogP contribution in [0.5, 0.6) is 0 Å². The Morgan fingerprint density at radius 3 is 2.50 bits per heavy atom. The highest BCUT2D eigenvalue weighted by Gasteiger charge is 2.10. The van der Waals surface area contributed by atoms with Gasteiger partial charge in [0.2, 0.25) is 0 Å². The number of thiazole rings is 1. The molecular weight excluding hydrogens is 318 g/mol. The van der Waals surface area contributed by atoms with E-state index in [-0.39, 0.29) is 6.03 Å². The van der Waals surface area contributed by atoms with Crippen LogP contribution in [0.25, 0.3) is 20.8 Å². The number of aryl methyl sites for hydroxylation is 1. The lowest BCUT2D eigenvalue weighted by molar-refractivity contribution is 0.217. The second-order valence-corrected chi connectivity index (χ2v) is 6.70. The molecule has 0 atom stereocenters. The molecule has 0 aliphatic carbocycles. The van der Waals surface area contributed by atoms with E-state index in [1.165, 1.54) is 10.3 Å². The van der Waals surface area contributed by atoms with Gasteiger partial charge in [0.05, 0.1) is 10.2 Å². The van der Waals surface area contributed by atoms with Crippen molar-refractivity contribution in [3.05, 3.63) is 48.0 Å². The molecule has 0 fully saturated rings. The molecule has 0 radical (unpaired) electrons. The molecule has 0 aliphatic heterocycles. The third-order valence-corrected chi connectivity index (χ3v) is 5.04. The van der Waals surface area contributed by atoms with E-state index in [0.29, 0.717) is 13.1 Å². The lowest BCUT2D eigenvalue weighted by Crippen LogP contribution is -2.34. The van der Waals surface area contributed by atoms with Crippen molar-refractivity contribution in [1.29, 1.82) is 0 Å². The molecule has 3 rings (SSSR count). The Morgan fingerprint density at radius 1 is 1.12 bits per heavy atom. The van der Waals surface area contributed by atoms with Crippen molar-refractivity contribution in [1.82, 2.24) is 9.88 Å². The molecule has 1 aromatic heterocycles. The maximum absolute atomic E-state index is 12.1. The summed E-state index contributed by atoms with van der Waals surface area (Å²) in [4.78, 5) is 18.5. The Morgan fingerprint density at radius 2 is 1.83 bits per heavy atom. The van der Waals surface area contributed by atoms with E-state index in [1.807, 2.05) is 38.1 Å². The average Bonchev–Trinajstić information content (AvgIpc) is 2.99. The van der Waals surface area contributed by atoms with E-state index in [4.69, 9.17) is 4.98 Å². The van der Waals surface area contributed by atoms with Crippen LogP contribution in [-0.4, -0.2) is 29.0 Å². The molecule has 0 unspecified atom stereocenters. The molecule has 0 spiro atoms. The molecule has 0 aliphatic rings. The summed E-state index contributed by atoms with van der Waals surface area (Å²) in [5, 5.41) is 3.92. The van der Waals surface area contributed by atoms with Crippen LogP contribution in [0.1, 0.15) is 19.4 Å². The Balaban J connectivity index is 1.79. The molecule has 0 bridgehead atoms. The topological polar surface area (TPSA) is 45.2 Å². The van der Waals surface area contributed by atoms with E-state index < -0.39 is 0 Å². The number of nitrogens with zero attached hydrogens (tertiary/aromatic N) is 2. The molecule has 24 heavy (non-hydrogen) atoms. The van der Waals surface area contributed by atoms with Crippen molar-refractivity contribution in [2.45, 2.75) is 20.8 Å². The van der Waals surface area contributed by atoms with E-state index >= 15 is 0 Å². The quantitative estimate of drug-likeness (QED) is 0.715. The van der Waals surface area contributed by atoms with Crippen molar-refractivity contribution < 1.29 is 4.79 Å². The van der Waals surface area contributed by atoms with Gasteiger partial charge in [-0.1, -0.05) is 6.07 Å². The average molecular weight is 339 g/mol. The third-order valence-electron chi connectivity index (χ3n) is 3.98. The van der Waals surface area contributed by atoms with Gasteiger partial charge in [0.1, 0.15) is 5.01 Å². The molecule has 3 aromatic rings. The van der Waals surface area contributed by atoms with Crippen LogP contribution >= 0.6 is 11.3 Å². The Kier molecular flexibility index (Phi) is 4.81. The van der Waals surface area contributed by atoms with Gasteiger partial charge in [-0.2, -0.15) is 0 Å². The molecule has 2 aromatic carbocycles. The third kappa shape index (κ3) is 3.41. The van der Waals surface area contributed by atoms with Gasteiger partial charge in [0, 0.05) is 24.3 Å². The van der Waals surface area contributed by atoms with Crippen LogP contribution < -0.4 is 5.32 Å². The molecule has 1 heterocycles. The number of rotatable bonds is 4. The monoisotopic (exact) mass is 339 g/mol. The summed E-state index contributed by atoms with van der Waals surface area (Å²) < 4.78 is 1.20. The molecule has 5 heteroatoms. The van der Waals surface area contributed by atoms with Crippen molar-refractivity contribution in [2.75, 3.05) is 18.4 Å². The fraction of sp³-hybridized carbons (Fsp3) is 0.263. The largest absolute Gasteiger partial charge is 0.325 e. The highest BCUT2D eigenvalue weighted by atomic mass is 32.1. The summed E-state index contributed by atoms with van der Waals surface area (Å²) in [5.41, 5.74) is 4.13. The number of nitrogens with one attached hydrogen (secondary N) is 1. The maximum Gasteiger partial charge on any atom is 0.321 e. The lowest BCUT2D eigenvalue weighted by atomic mass is 10.2. The number of carbonyl (C=O) groups is 1. The van der Waals surface area contributed by atoms with Crippen molar-refractivity contribution >= 4 is 33.3 Å². The Labute approximate surface area is 146 Å². The molecule has 2 amide bonds. The summed E-state index contributed by atoms with van der Waals surface area (Å²) in [6, 6.07) is 14.1. The van der Waals surface area contributed by atoms with Gasteiger partial charge >= 0.3 is 6.03 Å². The summed E-state index contributed by atoms with van der Waals surface area (Å²) in [7, 11) is 0. The van der Waals surface area contributed by atoms with E-state index in [0.717, 1.165) is 21.8 Å². The Hall–Kier alpha value is -2.40. The fourth-order valence-electron chi connectivity index (χ4n) is 2.56. The van der Waals surface area contributed by atoms with Gasteiger partial charge in [0.25, 0.3) is 0 Å². The van der Waals surface area contributed by atoms with Crippen LogP contribution in [-0.2, 0) is 0 Å². The SMILES string of the molecule is CCN(CC)C(=O)Nc1ccc(-c2nc3ccc(C)cc3s2)cc1. The van der Waals surface area contributed by atoms with Crippen molar-refractivity contribution in [3.8, 4) is 10.6 Å². The van der Waals surface area contributed by atoms with E-state index in [1.54, 1.807) is 16.2 Å². The van der Waals surface area contributed by atoms with Gasteiger partial charge in [-0.3, -0.25) is 0 Å². The smallest absolute Gasteiger partial charge is 0.321 e. The van der Waals surface area contributed by atoms with Gasteiger partial charge in [-0.05, 0) is 62.7 Å². The molecule has 0 saturated carbocycles. The second-order valence-electron chi connectivity index (χ2n) is 5.67. The predicted molar refractivity (Wildman–Crippen MR) is 102 cm³/mol. The molecular formula is C19H21N3OS. The number of fused-ring (bicyclic) bond motifs is 1. The van der Waals surface area contributed by atoms with Gasteiger partial charge < -0.3 is 10.2 Å². The maximum atomic E-state index is 12.1. The molecule has 0 saturated heterocycles. The normalized spacial score (nSPS) is 10.8. The molecule has 4 nitrogen and oxygen atoms in total. The number of anilines is 1. The number of benzene rings is 2. The Bertz CT molecular complexity index is 851. The molecule has 1 N–H and O–H groups in total. The number of carbonyl (C=O) groups excluding carboxylic acids is 1. The number of hydrogen-bond donors (Lipinski definition) is 1. The van der Waals surface area contributed by atoms with Crippen LogP contribution in [0.3, 0.4) is 0 Å². The minimum atomic E-state index is -0.0665. The highest BCUT2D eigenvalue weighted by Crippen LogP contribution is 2.31. The summed E-state index contributed by atoms with van der Waals surface area (Å²) in [5.74, 6) is 0. The summed E-state index contributed by atoms with van der Waals surface area (Å²) >= 11 is 1.69. The first-order chi connectivity index (χ1) is 11.6. The first-order valence-corrected chi connectivity index (χ1v) is 8.96.